The maximum absolute atomic E-state index is 13.2. The van der Waals surface area contributed by atoms with Crippen LogP contribution in [0.5, 0.6) is 0 Å². The van der Waals surface area contributed by atoms with Crippen molar-refractivity contribution in [2.24, 2.45) is 0 Å². The number of hydrogen-bond donors (Lipinski definition) is 1. The molecule has 0 saturated heterocycles. The summed E-state index contributed by atoms with van der Waals surface area (Å²) in [6.07, 6.45) is 0.680. The average molecular weight is 453 g/mol. The number of sulfonamides is 1. The van der Waals surface area contributed by atoms with E-state index in [9.17, 15) is 17.6 Å². The normalized spacial score (nSPS) is 13.3. The number of carbonyl (C=O) groups excluding carboxylic acids is 1. The number of amides is 1. The lowest BCUT2D eigenvalue weighted by Gasteiger charge is -2.18. The van der Waals surface area contributed by atoms with Crippen LogP contribution < -0.4 is 9.62 Å². The van der Waals surface area contributed by atoms with Crippen molar-refractivity contribution in [3.63, 3.8) is 0 Å². The summed E-state index contributed by atoms with van der Waals surface area (Å²) in [6.45, 7) is 6.24. The highest BCUT2D eigenvalue weighted by Gasteiger charge is 2.26. The van der Waals surface area contributed by atoms with Gasteiger partial charge >= 0.3 is 0 Å². The van der Waals surface area contributed by atoms with Crippen molar-refractivity contribution in [2.75, 3.05) is 11.4 Å². The first-order chi connectivity index (χ1) is 15.2. The molecule has 1 aliphatic rings. The number of hydrogen-bond acceptors (Lipinski definition) is 3. The minimum absolute atomic E-state index is 0.161. The third kappa shape index (κ3) is 4.31. The van der Waals surface area contributed by atoms with Gasteiger partial charge in [-0.1, -0.05) is 29.8 Å². The van der Waals surface area contributed by atoms with Crippen LogP contribution in [0.15, 0.2) is 59.5 Å². The zero-order valence-electron chi connectivity index (χ0n) is 18.3. The van der Waals surface area contributed by atoms with E-state index in [-0.39, 0.29) is 18.3 Å². The molecule has 4 rings (SSSR count). The maximum Gasteiger partial charge on any atom is 0.258 e. The summed E-state index contributed by atoms with van der Waals surface area (Å²) in [4.78, 5) is 14.8. The van der Waals surface area contributed by atoms with Crippen LogP contribution in [0.4, 0.5) is 10.1 Å². The molecule has 0 aromatic heterocycles. The molecule has 5 nitrogen and oxygen atoms in total. The molecule has 3 aromatic carbocycles. The SMILES string of the molecule is Cc1cc(C)c(S(=O)(=O)NCc2ccc3c(c2)CCN3C(=O)c2ccc(F)cc2)c(C)c1. The topological polar surface area (TPSA) is 66.5 Å². The van der Waals surface area contributed by atoms with E-state index in [0.29, 0.717) is 23.4 Å². The van der Waals surface area contributed by atoms with Crippen LogP contribution in [0.1, 0.15) is 38.2 Å². The van der Waals surface area contributed by atoms with E-state index in [0.717, 1.165) is 33.5 Å². The Morgan fingerprint density at radius 3 is 2.31 bits per heavy atom. The number of nitrogens with one attached hydrogen (secondary N) is 1. The Morgan fingerprint density at radius 1 is 1.00 bits per heavy atom. The van der Waals surface area contributed by atoms with E-state index in [1.54, 1.807) is 18.7 Å². The highest BCUT2D eigenvalue weighted by molar-refractivity contribution is 7.89. The molecule has 0 atom stereocenters. The molecule has 1 amide bonds. The van der Waals surface area contributed by atoms with Gasteiger partial charge in [0.05, 0.1) is 4.90 Å². The fraction of sp³-hybridized carbons (Fsp3) is 0.240. The van der Waals surface area contributed by atoms with Crippen LogP contribution in [0.25, 0.3) is 0 Å². The van der Waals surface area contributed by atoms with Gasteiger partial charge in [0.2, 0.25) is 10.0 Å². The molecule has 166 valence electrons. The van der Waals surface area contributed by atoms with Crippen LogP contribution in [-0.4, -0.2) is 20.9 Å². The van der Waals surface area contributed by atoms with E-state index < -0.39 is 10.0 Å². The largest absolute Gasteiger partial charge is 0.308 e. The summed E-state index contributed by atoms with van der Waals surface area (Å²) in [5, 5.41) is 0. The Kier molecular flexibility index (Phi) is 5.88. The minimum atomic E-state index is -3.66. The number of carbonyl (C=O) groups is 1. The average Bonchev–Trinajstić information content (AvgIpc) is 3.14. The third-order valence-electron chi connectivity index (χ3n) is 5.72. The van der Waals surface area contributed by atoms with Crippen LogP contribution in [0.2, 0.25) is 0 Å². The number of rotatable bonds is 5. The highest BCUT2D eigenvalue weighted by Crippen LogP contribution is 2.30. The van der Waals surface area contributed by atoms with E-state index in [1.807, 2.05) is 37.3 Å². The fourth-order valence-corrected chi connectivity index (χ4v) is 5.83. The Hall–Kier alpha value is -3.03. The second-order valence-electron chi connectivity index (χ2n) is 8.23. The van der Waals surface area contributed by atoms with Gasteiger partial charge in [0.25, 0.3) is 5.91 Å². The molecule has 1 heterocycles. The monoisotopic (exact) mass is 452 g/mol. The number of aryl methyl sites for hydroxylation is 3. The third-order valence-corrected chi connectivity index (χ3v) is 7.42. The summed E-state index contributed by atoms with van der Waals surface area (Å²) in [7, 11) is -3.66. The van der Waals surface area contributed by atoms with Crippen LogP contribution >= 0.6 is 0 Å². The lowest BCUT2D eigenvalue weighted by Crippen LogP contribution is -2.28. The van der Waals surface area contributed by atoms with Gasteiger partial charge in [0, 0.05) is 24.3 Å². The van der Waals surface area contributed by atoms with Crippen molar-refractivity contribution < 1.29 is 17.6 Å². The molecular weight excluding hydrogens is 427 g/mol. The zero-order valence-corrected chi connectivity index (χ0v) is 19.1. The van der Waals surface area contributed by atoms with Gasteiger partial charge in [-0.3, -0.25) is 4.79 Å². The molecule has 1 aliphatic heterocycles. The Morgan fingerprint density at radius 2 is 1.66 bits per heavy atom. The highest BCUT2D eigenvalue weighted by atomic mass is 32.2. The summed E-state index contributed by atoms with van der Waals surface area (Å²) in [6, 6.07) is 14.8. The standard InChI is InChI=1S/C25H25FN2O3S/c1-16-12-17(2)24(18(3)13-16)32(30,31)27-15-19-4-9-23-21(14-19)10-11-28(23)25(29)20-5-7-22(26)8-6-20/h4-9,12-14,27H,10-11,15H2,1-3H3. The van der Waals surface area contributed by atoms with Gasteiger partial charge in [-0.15, -0.1) is 0 Å². The Balaban J connectivity index is 1.51. The molecule has 1 N–H and O–H groups in total. The molecule has 0 aliphatic carbocycles. The van der Waals surface area contributed by atoms with Gasteiger partial charge in [0.1, 0.15) is 5.82 Å². The van der Waals surface area contributed by atoms with Gasteiger partial charge < -0.3 is 4.90 Å². The number of halogens is 1. The van der Waals surface area contributed by atoms with Crippen molar-refractivity contribution in [2.45, 2.75) is 38.6 Å². The van der Waals surface area contributed by atoms with Crippen molar-refractivity contribution in [3.8, 4) is 0 Å². The lowest BCUT2D eigenvalue weighted by atomic mass is 10.1. The number of fused-ring (bicyclic) bond motifs is 1. The zero-order chi connectivity index (χ0) is 23.0. The van der Waals surface area contributed by atoms with Crippen LogP contribution in [0.3, 0.4) is 0 Å². The Bertz CT molecular complexity index is 1280. The van der Waals surface area contributed by atoms with E-state index >= 15 is 0 Å². The van der Waals surface area contributed by atoms with E-state index in [1.165, 1.54) is 24.3 Å². The van der Waals surface area contributed by atoms with Gasteiger partial charge in [0.15, 0.2) is 0 Å². The first-order valence-corrected chi connectivity index (χ1v) is 11.9. The van der Waals surface area contributed by atoms with Crippen molar-refractivity contribution in [3.05, 3.63) is 93.8 Å². The predicted octanol–water partition coefficient (Wildman–Crippen LogP) is 4.43. The van der Waals surface area contributed by atoms with Gasteiger partial charge in [-0.2, -0.15) is 0 Å². The molecule has 3 aromatic rings. The van der Waals surface area contributed by atoms with Crippen molar-refractivity contribution in [1.82, 2.24) is 4.72 Å². The molecule has 0 unspecified atom stereocenters. The van der Waals surface area contributed by atoms with Crippen LogP contribution in [0, 0.1) is 26.6 Å². The number of anilines is 1. The van der Waals surface area contributed by atoms with Gasteiger partial charge in [-0.25, -0.2) is 17.5 Å². The smallest absolute Gasteiger partial charge is 0.258 e. The molecule has 32 heavy (non-hydrogen) atoms. The summed E-state index contributed by atoms with van der Waals surface area (Å²) in [5.74, 6) is -0.561. The first-order valence-electron chi connectivity index (χ1n) is 10.4. The number of nitrogens with zero attached hydrogens (tertiary/aromatic N) is 1. The number of benzene rings is 3. The molecule has 0 fully saturated rings. The molecule has 0 radical (unpaired) electrons. The summed E-state index contributed by atoms with van der Waals surface area (Å²) < 4.78 is 41.7. The quantitative estimate of drug-likeness (QED) is 0.623. The van der Waals surface area contributed by atoms with Crippen molar-refractivity contribution in [1.29, 1.82) is 0 Å². The minimum Gasteiger partial charge on any atom is -0.308 e. The Labute approximate surface area is 187 Å². The molecule has 0 saturated carbocycles. The predicted molar refractivity (Wildman–Crippen MR) is 123 cm³/mol. The molecule has 7 heteroatoms. The first kappa shape index (κ1) is 22.2. The second-order valence-corrected chi connectivity index (χ2v) is 9.93. The second kappa shape index (κ2) is 8.48. The summed E-state index contributed by atoms with van der Waals surface area (Å²) >= 11 is 0. The van der Waals surface area contributed by atoms with E-state index in [2.05, 4.69) is 4.72 Å². The summed E-state index contributed by atoms with van der Waals surface area (Å²) in [5.41, 5.74) is 5.51. The lowest BCUT2D eigenvalue weighted by molar-refractivity contribution is 0.0989. The van der Waals surface area contributed by atoms with E-state index in [4.69, 9.17) is 0 Å². The van der Waals surface area contributed by atoms with Crippen molar-refractivity contribution >= 4 is 21.6 Å². The molecule has 0 bridgehead atoms. The molecular formula is C25H25FN2O3S. The molecule has 0 spiro atoms. The fourth-order valence-electron chi connectivity index (χ4n) is 4.37. The van der Waals surface area contributed by atoms with Gasteiger partial charge in [-0.05, 0) is 79.8 Å². The maximum atomic E-state index is 13.2. The van der Waals surface area contributed by atoms with Crippen LogP contribution in [-0.2, 0) is 23.0 Å².